The molecule has 2 fully saturated rings. The van der Waals surface area contributed by atoms with Crippen molar-refractivity contribution in [3.05, 3.63) is 65.0 Å². The second-order valence-electron chi connectivity index (χ2n) is 9.35. The van der Waals surface area contributed by atoms with Crippen LogP contribution in [0.5, 0.6) is 0 Å². The third kappa shape index (κ3) is 4.09. The molecule has 5 rings (SSSR count). The molecular formula is C26H25F5O. The Morgan fingerprint density at radius 3 is 1.94 bits per heavy atom. The summed E-state index contributed by atoms with van der Waals surface area (Å²) in [7, 11) is 0. The molecule has 0 radical (unpaired) electrons. The summed E-state index contributed by atoms with van der Waals surface area (Å²) in [6.45, 7) is 0.842. The fourth-order valence-corrected chi connectivity index (χ4v) is 5.27. The summed E-state index contributed by atoms with van der Waals surface area (Å²) in [5, 5.41) is 0. The zero-order valence-electron chi connectivity index (χ0n) is 17.7. The Balaban J connectivity index is 1.31. The van der Waals surface area contributed by atoms with E-state index in [1.54, 1.807) is 0 Å². The van der Waals surface area contributed by atoms with Crippen molar-refractivity contribution in [2.45, 2.75) is 51.0 Å². The lowest BCUT2D eigenvalue weighted by Crippen LogP contribution is -2.33. The van der Waals surface area contributed by atoms with Crippen LogP contribution in [0.25, 0.3) is 16.7 Å². The van der Waals surface area contributed by atoms with Crippen LogP contribution in [0, 0.1) is 46.8 Å². The lowest BCUT2D eigenvalue weighted by molar-refractivity contribution is -0.0533. The van der Waals surface area contributed by atoms with Crippen LogP contribution >= 0.6 is 0 Å². The Bertz CT molecular complexity index is 1030. The third-order valence-electron chi connectivity index (χ3n) is 7.34. The molecule has 1 heterocycles. The van der Waals surface area contributed by atoms with E-state index in [-0.39, 0.29) is 22.8 Å². The number of halogens is 5. The van der Waals surface area contributed by atoms with Crippen molar-refractivity contribution in [3.63, 3.8) is 0 Å². The van der Waals surface area contributed by atoms with Gasteiger partial charge in [-0.2, -0.15) is 0 Å². The first kappa shape index (κ1) is 21.6. The van der Waals surface area contributed by atoms with E-state index in [0.717, 1.165) is 37.4 Å². The summed E-state index contributed by atoms with van der Waals surface area (Å²) in [6, 6.07) is 4.04. The topological polar surface area (TPSA) is 9.23 Å². The van der Waals surface area contributed by atoms with Crippen LogP contribution in [0.15, 0.2) is 30.3 Å². The summed E-state index contributed by atoms with van der Waals surface area (Å²) >= 11 is 0. The number of benzene rings is 2. The summed E-state index contributed by atoms with van der Waals surface area (Å²) in [6.07, 6.45) is 9.36. The lowest BCUT2D eigenvalue weighted by Gasteiger charge is -2.35. The van der Waals surface area contributed by atoms with Gasteiger partial charge in [-0.25, -0.2) is 22.0 Å². The molecule has 2 aromatic rings. The number of allylic oxidation sites excluding steroid dienone is 2. The first-order valence-electron chi connectivity index (χ1n) is 11.4. The van der Waals surface area contributed by atoms with Gasteiger partial charge in [-0.15, -0.1) is 0 Å². The van der Waals surface area contributed by atoms with E-state index in [0.29, 0.717) is 30.4 Å². The normalized spacial score (nSPS) is 26.2. The van der Waals surface area contributed by atoms with Crippen LogP contribution in [0.4, 0.5) is 22.0 Å². The molecule has 1 aliphatic heterocycles. The largest absolute Gasteiger partial charge is 0.378 e. The van der Waals surface area contributed by atoms with Crippen molar-refractivity contribution in [2.75, 3.05) is 6.61 Å². The molecule has 6 heteroatoms. The number of rotatable bonds is 4. The molecular weight excluding hydrogens is 423 g/mol. The standard InChI is InChI=1S/C26H25F5O/c27-21-11-18(12-22(28)26(21)31)20-9-8-19(24(29)25(20)30)15-3-5-16(6-4-15)23-10-7-17(13-32-23)14-1-2-14/h3,8-9,11-12,14,16-17,23H,1-2,4-7,10,13H2. The van der Waals surface area contributed by atoms with E-state index < -0.39 is 29.1 Å². The van der Waals surface area contributed by atoms with Gasteiger partial charge in [-0.3, -0.25) is 0 Å². The maximum Gasteiger partial charge on any atom is 0.194 e. The maximum absolute atomic E-state index is 14.9. The molecule has 1 saturated heterocycles. The molecule has 0 bridgehead atoms. The van der Waals surface area contributed by atoms with Crippen LogP contribution in [-0.2, 0) is 4.74 Å². The summed E-state index contributed by atoms with van der Waals surface area (Å²) in [5.41, 5.74) is 0.332. The quantitative estimate of drug-likeness (QED) is 0.349. The zero-order valence-corrected chi connectivity index (χ0v) is 17.7. The molecule has 0 spiro atoms. The Hall–Kier alpha value is -2.21. The monoisotopic (exact) mass is 448 g/mol. The first-order valence-corrected chi connectivity index (χ1v) is 11.4. The van der Waals surface area contributed by atoms with Gasteiger partial charge >= 0.3 is 0 Å². The maximum atomic E-state index is 14.9. The van der Waals surface area contributed by atoms with Gasteiger partial charge in [0.05, 0.1) is 12.7 Å². The fraction of sp³-hybridized carbons (Fsp3) is 0.462. The third-order valence-corrected chi connectivity index (χ3v) is 7.34. The molecule has 3 aliphatic rings. The predicted octanol–water partition coefficient (Wildman–Crippen LogP) is 7.44. The van der Waals surface area contributed by atoms with Crippen molar-refractivity contribution in [1.29, 1.82) is 0 Å². The van der Waals surface area contributed by atoms with Gasteiger partial charge < -0.3 is 4.74 Å². The van der Waals surface area contributed by atoms with E-state index >= 15 is 0 Å². The first-order chi connectivity index (χ1) is 15.4. The highest BCUT2D eigenvalue weighted by molar-refractivity contribution is 5.72. The zero-order chi connectivity index (χ0) is 22.4. The number of hydrogen-bond donors (Lipinski definition) is 0. The Kier molecular flexibility index (Phi) is 5.82. The molecule has 32 heavy (non-hydrogen) atoms. The van der Waals surface area contributed by atoms with Crippen molar-refractivity contribution in [3.8, 4) is 11.1 Å². The van der Waals surface area contributed by atoms with Crippen molar-refractivity contribution < 1.29 is 26.7 Å². The SMILES string of the molecule is Fc1cc(-c2ccc(C3=CCC(C4CCC(C5CC5)CO4)CC3)c(F)c2F)cc(F)c1F. The molecule has 2 aromatic carbocycles. The van der Waals surface area contributed by atoms with E-state index in [4.69, 9.17) is 4.74 Å². The van der Waals surface area contributed by atoms with Gasteiger partial charge in [0.2, 0.25) is 0 Å². The average molecular weight is 448 g/mol. The average Bonchev–Trinajstić information content (AvgIpc) is 3.65. The number of hydrogen-bond acceptors (Lipinski definition) is 1. The molecule has 1 saturated carbocycles. The second-order valence-corrected chi connectivity index (χ2v) is 9.35. The van der Waals surface area contributed by atoms with Gasteiger partial charge in [0, 0.05) is 11.1 Å². The fourth-order valence-electron chi connectivity index (χ4n) is 5.27. The van der Waals surface area contributed by atoms with Gasteiger partial charge in [-0.1, -0.05) is 18.2 Å². The summed E-state index contributed by atoms with van der Waals surface area (Å²) in [5.74, 6) is -4.83. The lowest BCUT2D eigenvalue weighted by atomic mass is 9.80. The van der Waals surface area contributed by atoms with Crippen LogP contribution in [-0.4, -0.2) is 12.7 Å². The summed E-state index contributed by atoms with van der Waals surface area (Å²) in [4.78, 5) is 0. The van der Waals surface area contributed by atoms with Crippen LogP contribution < -0.4 is 0 Å². The second kappa shape index (κ2) is 8.62. The molecule has 2 aliphatic carbocycles. The minimum Gasteiger partial charge on any atom is -0.378 e. The molecule has 3 unspecified atom stereocenters. The molecule has 0 aromatic heterocycles. The van der Waals surface area contributed by atoms with Crippen molar-refractivity contribution in [1.82, 2.24) is 0 Å². The van der Waals surface area contributed by atoms with Crippen LogP contribution in [0.1, 0.15) is 50.5 Å². The van der Waals surface area contributed by atoms with E-state index in [2.05, 4.69) is 0 Å². The Morgan fingerprint density at radius 1 is 0.688 bits per heavy atom. The molecule has 3 atom stereocenters. The smallest absolute Gasteiger partial charge is 0.194 e. The number of ether oxygens (including phenoxy) is 1. The van der Waals surface area contributed by atoms with Gasteiger partial charge in [0.1, 0.15) is 0 Å². The molecule has 170 valence electrons. The molecule has 0 N–H and O–H groups in total. The van der Waals surface area contributed by atoms with Crippen molar-refractivity contribution >= 4 is 5.57 Å². The minimum atomic E-state index is -1.64. The Labute approximate surface area is 184 Å². The minimum absolute atomic E-state index is 0.158. The van der Waals surface area contributed by atoms with Crippen molar-refractivity contribution in [2.24, 2.45) is 17.8 Å². The Morgan fingerprint density at radius 2 is 1.34 bits per heavy atom. The predicted molar refractivity (Wildman–Crippen MR) is 112 cm³/mol. The van der Waals surface area contributed by atoms with E-state index in [1.807, 2.05) is 6.08 Å². The molecule has 1 nitrogen and oxygen atoms in total. The van der Waals surface area contributed by atoms with Gasteiger partial charge in [0.25, 0.3) is 0 Å². The van der Waals surface area contributed by atoms with E-state index in [1.165, 1.54) is 31.4 Å². The van der Waals surface area contributed by atoms with Gasteiger partial charge in [0.15, 0.2) is 29.1 Å². The summed E-state index contributed by atoms with van der Waals surface area (Å²) < 4.78 is 76.1. The molecule has 0 amide bonds. The highest BCUT2D eigenvalue weighted by Crippen LogP contribution is 2.44. The highest BCUT2D eigenvalue weighted by Gasteiger charge is 2.37. The highest BCUT2D eigenvalue weighted by atomic mass is 19.2. The van der Waals surface area contributed by atoms with E-state index in [9.17, 15) is 22.0 Å². The van der Waals surface area contributed by atoms with Crippen LogP contribution in [0.2, 0.25) is 0 Å². The van der Waals surface area contributed by atoms with Crippen LogP contribution in [0.3, 0.4) is 0 Å². The van der Waals surface area contributed by atoms with Gasteiger partial charge in [-0.05, 0) is 86.0 Å².